The highest BCUT2D eigenvalue weighted by Gasteiger charge is 2.40. The van der Waals surface area contributed by atoms with Gasteiger partial charge in [0.2, 0.25) is 0 Å². The van der Waals surface area contributed by atoms with E-state index in [4.69, 9.17) is 13.9 Å². The first-order chi connectivity index (χ1) is 14.0. The molecule has 30 heavy (non-hydrogen) atoms. The minimum Gasteiger partial charge on any atom is -0.497 e. The van der Waals surface area contributed by atoms with Gasteiger partial charge in [0.1, 0.15) is 11.5 Å². The molecule has 0 fully saturated rings. The van der Waals surface area contributed by atoms with Crippen LogP contribution in [0.15, 0.2) is 48.5 Å². The van der Waals surface area contributed by atoms with E-state index < -0.39 is 8.32 Å². The van der Waals surface area contributed by atoms with Crippen molar-refractivity contribution in [2.75, 3.05) is 14.2 Å². The minimum absolute atomic E-state index is 0.0297. The quantitative estimate of drug-likeness (QED) is 0.330. The maximum absolute atomic E-state index is 12.9. The number of methoxy groups -OCH3 is 2. The fourth-order valence-electron chi connectivity index (χ4n) is 3.09. The molecule has 0 aliphatic heterocycles. The van der Waals surface area contributed by atoms with Gasteiger partial charge >= 0.3 is 0 Å². The van der Waals surface area contributed by atoms with Crippen LogP contribution in [0.5, 0.6) is 11.5 Å². The number of rotatable bonds is 9. The third-order valence-corrected chi connectivity index (χ3v) is 10.6. The highest BCUT2D eigenvalue weighted by atomic mass is 28.4. The van der Waals surface area contributed by atoms with E-state index in [0.717, 1.165) is 17.1 Å². The normalized spacial score (nSPS) is 14.1. The Labute approximate surface area is 182 Å². The molecular weight excluding hydrogens is 392 g/mol. The summed E-state index contributed by atoms with van der Waals surface area (Å²) in [6, 6.07) is 15.3. The van der Waals surface area contributed by atoms with Crippen LogP contribution < -0.4 is 9.47 Å². The van der Waals surface area contributed by atoms with Crippen molar-refractivity contribution in [2.45, 2.75) is 58.4 Å². The van der Waals surface area contributed by atoms with Crippen LogP contribution in [0.25, 0.3) is 0 Å². The highest BCUT2D eigenvalue weighted by molar-refractivity contribution is 6.74. The van der Waals surface area contributed by atoms with Gasteiger partial charge < -0.3 is 13.9 Å². The summed E-state index contributed by atoms with van der Waals surface area (Å²) in [6.07, 6.45) is 0.261. The summed E-state index contributed by atoms with van der Waals surface area (Å²) in [7, 11) is 1.25. The second-order valence-corrected chi connectivity index (χ2v) is 14.2. The van der Waals surface area contributed by atoms with Crippen LogP contribution in [0.3, 0.4) is 0 Å². The average Bonchev–Trinajstić information content (AvgIpc) is 2.71. The van der Waals surface area contributed by atoms with Crippen molar-refractivity contribution in [1.29, 1.82) is 0 Å². The Morgan fingerprint density at radius 2 is 1.37 bits per heavy atom. The molecule has 2 atom stereocenters. The van der Waals surface area contributed by atoms with Gasteiger partial charge in [-0.3, -0.25) is 4.79 Å². The van der Waals surface area contributed by atoms with Crippen molar-refractivity contribution < 1.29 is 18.7 Å². The molecule has 0 heterocycles. The fraction of sp³-hybridized carbons (Fsp3) is 0.480. The molecule has 0 saturated heterocycles. The zero-order valence-corrected chi connectivity index (χ0v) is 20.6. The Balaban J connectivity index is 2.28. The van der Waals surface area contributed by atoms with Crippen molar-refractivity contribution in [3.8, 4) is 11.5 Å². The molecule has 0 aliphatic rings. The number of Topliss-reactive ketones (excluding diaryl/α,β-unsaturated/α-hetero) is 1. The molecule has 0 saturated carbocycles. The Morgan fingerprint density at radius 3 is 1.80 bits per heavy atom. The van der Waals surface area contributed by atoms with Gasteiger partial charge in [0.05, 0.1) is 20.3 Å². The van der Waals surface area contributed by atoms with E-state index in [2.05, 4.69) is 40.8 Å². The number of ether oxygens (including phenoxy) is 2. The molecule has 164 valence electrons. The first kappa shape index (κ1) is 24.2. The number of hydrogen-bond acceptors (Lipinski definition) is 4. The molecule has 0 unspecified atom stereocenters. The van der Waals surface area contributed by atoms with E-state index in [1.54, 1.807) is 14.2 Å². The number of benzene rings is 2. The van der Waals surface area contributed by atoms with Crippen LogP contribution in [0, 0.1) is 5.92 Å². The molecule has 2 aromatic rings. The van der Waals surface area contributed by atoms with Gasteiger partial charge in [0.15, 0.2) is 14.1 Å². The van der Waals surface area contributed by atoms with Crippen LogP contribution in [-0.2, 0) is 4.43 Å². The maximum atomic E-state index is 12.9. The van der Waals surface area contributed by atoms with Gasteiger partial charge in [0, 0.05) is 12.0 Å². The third-order valence-electron chi connectivity index (χ3n) is 6.11. The summed E-state index contributed by atoms with van der Waals surface area (Å²) in [6.45, 7) is 13.3. The Bertz CT molecular complexity index is 820. The Kier molecular flexibility index (Phi) is 7.89. The molecule has 2 aromatic carbocycles. The minimum atomic E-state index is -2.04. The zero-order valence-electron chi connectivity index (χ0n) is 19.6. The molecule has 2 rings (SSSR count). The third kappa shape index (κ3) is 5.96. The number of carbonyl (C=O) groups excluding carboxylic acids is 1. The summed E-state index contributed by atoms with van der Waals surface area (Å²) < 4.78 is 17.3. The lowest BCUT2D eigenvalue weighted by atomic mass is 9.91. The lowest BCUT2D eigenvalue weighted by molar-refractivity contribution is 0.0854. The lowest BCUT2D eigenvalue weighted by Gasteiger charge is -2.41. The molecule has 0 amide bonds. The summed E-state index contributed by atoms with van der Waals surface area (Å²) in [5.74, 6) is 1.70. The number of ketones is 1. The predicted molar refractivity (Wildman–Crippen MR) is 125 cm³/mol. The predicted octanol–water partition coefficient (Wildman–Crippen LogP) is 6.68. The van der Waals surface area contributed by atoms with Crippen molar-refractivity contribution in [3.63, 3.8) is 0 Å². The second-order valence-electron chi connectivity index (χ2n) is 9.41. The van der Waals surface area contributed by atoms with E-state index in [0.29, 0.717) is 12.0 Å². The van der Waals surface area contributed by atoms with Crippen molar-refractivity contribution in [1.82, 2.24) is 0 Å². The van der Waals surface area contributed by atoms with E-state index in [9.17, 15) is 4.79 Å². The number of carbonyl (C=O) groups is 1. The summed E-state index contributed by atoms with van der Waals surface area (Å²) in [5.41, 5.74) is 1.78. The lowest BCUT2D eigenvalue weighted by Crippen LogP contribution is -2.43. The first-order valence-electron chi connectivity index (χ1n) is 10.5. The molecule has 0 bridgehead atoms. The monoisotopic (exact) mass is 428 g/mol. The van der Waals surface area contributed by atoms with Crippen LogP contribution in [0.1, 0.15) is 56.1 Å². The fourth-order valence-corrected chi connectivity index (χ4v) is 4.45. The van der Waals surface area contributed by atoms with Crippen LogP contribution in [0.2, 0.25) is 18.1 Å². The van der Waals surface area contributed by atoms with Crippen molar-refractivity contribution in [2.24, 2.45) is 5.92 Å². The SMILES string of the molecule is COc1ccc(C(=O)C[C@@H](C)[C@@H](O[Si](C)(C)C(C)(C)C)c2ccc(OC)cc2)cc1. The van der Waals surface area contributed by atoms with Crippen LogP contribution >= 0.6 is 0 Å². The van der Waals surface area contributed by atoms with E-state index in [1.165, 1.54) is 0 Å². The van der Waals surface area contributed by atoms with Crippen molar-refractivity contribution >= 4 is 14.1 Å². The Morgan fingerprint density at radius 1 is 0.900 bits per heavy atom. The van der Waals surface area contributed by atoms with Gasteiger partial charge in [0.25, 0.3) is 0 Å². The molecule has 0 radical (unpaired) electrons. The maximum Gasteiger partial charge on any atom is 0.192 e. The second kappa shape index (κ2) is 9.80. The highest BCUT2D eigenvalue weighted by Crippen LogP contribution is 2.42. The molecule has 5 heteroatoms. The summed E-state index contributed by atoms with van der Waals surface area (Å²) >= 11 is 0. The topological polar surface area (TPSA) is 44.8 Å². The summed E-state index contributed by atoms with van der Waals surface area (Å²) in [5, 5.41) is 0.0808. The van der Waals surface area contributed by atoms with E-state index >= 15 is 0 Å². The Hall–Kier alpha value is -2.11. The molecule has 0 aromatic heterocycles. The summed E-state index contributed by atoms with van der Waals surface area (Å²) in [4.78, 5) is 12.9. The zero-order chi connectivity index (χ0) is 22.5. The van der Waals surface area contributed by atoms with E-state index in [-0.39, 0.29) is 22.8 Å². The van der Waals surface area contributed by atoms with Gasteiger partial charge in [-0.1, -0.05) is 39.8 Å². The first-order valence-corrected chi connectivity index (χ1v) is 13.4. The number of hydrogen-bond donors (Lipinski definition) is 0. The van der Waals surface area contributed by atoms with Gasteiger partial charge in [-0.2, -0.15) is 0 Å². The molecule has 0 aliphatic carbocycles. The molecule has 0 spiro atoms. The van der Waals surface area contributed by atoms with Gasteiger partial charge in [-0.15, -0.1) is 0 Å². The molecule has 0 N–H and O–H groups in total. The van der Waals surface area contributed by atoms with Crippen LogP contribution in [-0.4, -0.2) is 28.3 Å². The standard InChI is InChI=1S/C25H36O4Si/c1-18(17-23(26)19-9-13-21(27-5)14-10-19)24(29-30(7,8)25(2,3)4)20-11-15-22(28-6)16-12-20/h9-16,18,24H,17H2,1-8H3/t18-,24-/m1/s1. The van der Waals surface area contributed by atoms with E-state index in [1.807, 2.05) is 48.5 Å². The van der Waals surface area contributed by atoms with Crippen molar-refractivity contribution in [3.05, 3.63) is 59.7 Å². The van der Waals surface area contributed by atoms with Gasteiger partial charge in [-0.25, -0.2) is 0 Å². The average molecular weight is 429 g/mol. The smallest absolute Gasteiger partial charge is 0.192 e. The molecule has 4 nitrogen and oxygen atoms in total. The largest absolute Gasteiger partial charge is 0.497 e. The van der Waals surface area contributed by atoms with Crippen LogP contribution in [0.4, 0.5) is 0 Å². The molecular formula is C25H36O4Si. The van der Waals surface area contributed by atoms with Gasteiger partial charge in [-0.05, 0) is 66.0 Å².